The lowest BCUT2D eigenvalue weighted by molar-refractivity contribution is -0.373. The molecule has 2 aromatic rings. The molecule has 0 saturated heterocycles. The van der Waals surface area contributed by atoms with E-state index in [1.807, 2.05) is 0 Å². The van der Waals surface area contributed by atoms with Crippen molar-refractivity contribution in [2.24, 2.45) is 0 Å². The van der Waals surface area contributed by atoms with Gasteiger partial charge in [-0.25, -0.2) is 28.7 Å². The first-order valence-corrected chi connectivity index (χ1v) is 7.54. The highest BCUT2D eigenvalue weighted by atomic mass is 19.4. The summed E-state index contributed by atoms with van der Waals surface area (Å²) in [5.74, 6) is -25.3. The van der Waals surface area contributed by atoms with Crippen molar-refractivity contribution in [2.75, 3.05) is 13.2 Å². The van der Waals surface area contributed by atoms with Crippen LogP contribution in [0.3, 0.4) is 0 Å². The largest absolute Gasteiger partial charge is 0.442 e. The minimum absolute atomic E-state index is 0.399. The van der Waals surface area contributed by atoms with Crippen LogP contribution in [0.1, 0.15) is 0 Å². The maximum atomic E-state index is 13.7. The number of imidazole rings is 2. The van der Waals surface area contributed by atoms with Crippen molar-refractivity contribution in [3.8, 4) is 0 Å². The van der Waals surface area contributed by atoms with Gasteiger partial charge in [0.1, 0.15) is 12.7 Å². The number of hydrogen-bond acceptors (Lipinski definition) is 6. The second-order valence-electron chi connectivity index (χ2n) is 5.61. The highest BCUT2D eigenvalue weighted by Gasteiger charge is 2.81. The van der Waals surface area contributed by atoms with Crippen molar-refractivity contribution in [1.29, 1.82) is 0 Å². The van der Waals surface area contributed by atoms with Gasteiger partial charge in [-0.05, 0) is 0 Å². The lowest BCUT2D eigenvalue weighted by atomic mass is 9.99. The molecule has 2 heterocycles. The minimum Gasteiger partial charge on any atom is -0.442 e. The van der Waals surface area contributed by atoms with Crippen molar-refractivity contribution in [3.05, 3.63) is 37.4 Å². The zero-order valence-corrected chi connectivity index (χ0v) is 14.3. The molecule has 0 bridgehead atoms. The average molecular weight is 450 g/mol. The number of carbonyl (C=O) groups excluding carboxylic acids is 2. The van der Waals surface area contributed by atoms with Crippen LogP contribution in [0.4, 0.5) is 44.7 Å². The summed E-state index contributed by atoms with van der Waals surface area (Å²) in [6, 6.07) is 0. The Morgan fingerprint density at radius 1 is 0.700 bits per heavy atom. The lowest BCUT2D eigenvalue weighted by Gasteiger charge is -2.36. The van der Waals surface area contributed by atoms with Crippen LogP contribution in [0, 0.1) is 0 Å². The van der Waals surface area contributed by atoms with Crippen LogP contribution in [-0.2, 0) is 9.47 Å². The molecular formula is C14H10F8N4O4. The summed E-state index contributed by atoms with van der Waals surface area (Å²) in [7, 11) is 0. The van der Waals surface area contributed by atoms with Crippen molar-refractivity contribution >= 4 is 12.2 Å². The van der Waals surface area contributed by atoms with Crippen molar-refractivity contribution < 1.29 is 54.2 Å². The van der Waals surface area contributed by atoms with E-state index in [2.05, 4.69) is 19.4 Å². The van der Waals surface area contributed by atoms with E-state index in [0.717, 1.165) is 37.4 Å². The van der Waals surface area contributed by atoms with Crippen molar-refractivity contribution in [1.82, 2.24) is 19.1 Å². The van der Waals surface area contributed by atoms with E-state index >= 15 is 0 Å². The summed E-state index contributed by atoms with van der Waals surface area (Å²) in [6.45, 7) is -5.31. The third-order valence-corrected chi connectivity index (χ3v) is 3.50. The van der Waals surface area contributed by atoms with Crippen molar-refractivity contribution in [3.63, 3.8) is 0 Å². The predicted octanol–water partition coefficient (Wildman–Crippen LogP) is 3.29. The van der Waals surface area contributed by atoms with Gasteiger partial charge in [0.25, 0.3) is 0 Å². The van der Waals surface area contributed by atoms with Crippen LogP contribution in [-0.4, -0.2) is 68.2 Å². The smallest absolute Gasteiger partial charge is 0.419 e. The lowest BCUT2D eigenvalue weighted by Crippen LogP contribution is -2.64. The average Bonchev–Trinajstić information content (AvgIpc) is 3.37. The third kappa shape index (κ3) is 4.20. The molecule has 16 heteroatoms. The van der Waals surface area contributed by atoms with E-state index in [4.69, 9.17) is 0 Å². The van der Waals surface area contributed by atoms with Gasteiger partial charge in [0.15, 0.2) is 13.2 Å². The molecule has 2 rings (SSSR count). The highest BCUT2D eigenvalue weighted by molar-refractivity contribution is 5.70. The Hall–Kier alpha value is -3.20. The molecule has 0 radical (unpaired) electrons. The molecular weight excluding hydrogens is 440 g/mol. The molecule has 0 fully saturated rings. The Morgan fingerprint density at radius 3 is 1.30 bits per heavy atom. The van der Waals surface area contributed by atoms with E-state index in [9.17, 15) is 44.7 Å². The van der Waals surface area contributed by atoms with Crippen LogP contribution in [0.5, 0.6) is 0 Å². The van der Waals surface area contributed by atoms with Gasteiger partial charge in [0.05, 0.1) is 0 Å². The number of carbonyl (C=O) groups is 2. The molecule has 30 heavy (non-hydrogen) atoms. The molecule has 8 nitrogen and oxygen atoms in total. The zero-order chi connectivity index (χ0) is 22.8. The summed E-state index contributed by atoms with van der Waals surface area (Å²) >= 11 is 0. The molecule has 0 amide bonds. The number of hydrogen-bond donors (Lipinski definition) is 0. The molecule has 0 N–H and O–H groups in total. The van der Waals surface area contributed by atoms with E-state index in [1.165, 1.54) is 0 Å². The molecule has 0 aliphatic heterocycles. The Labute approximate surface area is 161 Å². The van der Waals surface area contributed by atoms with E-state index in [-0.39, 0.29) is 0 Å². The third-order valence-electron chi connectivity index (χ3n) is 3.50. The quantitative estimate of drug-likeness (QED) is 0.602. The van der Waals surface area contributed by atoms with E-state index in [0.29, 0.717) is 9.13 Å². The summed E-state index contributed by atoms with van der Waals surface area (Å²) in [5.41, 5.74) is 0. The predicted molar refractivity (Wildman–Crippen MR) is 77.7 cm³/mol. The summed E-state index contributed by atoms with van der Waals surface area (Å²) < 4.78 is 118. The fraction of sp³-hybridized carbons (Fsp3) is 0.429. The molecule has 0 unspecified atom stereocenters. The fourth-order valence-corrected chi connectivity index (χ4v) is 1.83. The second kappa shape index (κ2) is 7.91. The van der Waals surface area contributed by atoms with Gasteiger partial charge >= 0.3 is 35.9 Å². The van der Waals surface area contributed by atoms with Gasteiger partial charge in [-0.3, -0.25) is 0 Å². The molecule has 0 aromatic carbocycles. The van der Waals surface area contributed by atoms with Crippen LogP contribution in [0.25, 0.3) is 0 Å². The van der Waals surface area contributed by atoms with E-state index in [1.54, 1.807) is 0 Å². The SMILES string of the molecule is O=C(OCC(F)(F)C(F)(F)C(F)(F)C(F)(F)COC(=O)n1ccnc1)n1ccnc1. The standard InChI is InChI=1S/C14H10F8N4O4/c15-11(16,5-29-9(27)25-3-1-23-7-25)13(19,20)14(21,22)12(17,18)6-30-10(28)26-4-2-24-8-26/h1-4,7-8H,5-6H2. The van der Waals surface area contributed by atoms with Crippen LogP contribution < -0.4 is 0 Å². The zero-order valence-electron chi connectivity index (χ0n) is 14.3. The van der Waals surface area contributed by atoms with Gasteiger partial charge in [0, 0.05) is 24.8 Å². The van der Waals surface area contributed by atoms with Gasteiger partial charge < -0.3 is 9.47 Å². The maximum Gasteiger partial charge on any atom is 0.419 e. The highest BCUT2D eigenvalue weighted by Crippen LogP contribution is 2.52. The van der Waals surface area contributed by atoms with Crippen LogP contribution >= 0.6 is 0 Å². The molecule has 0 spiro atoms. The number of aromatic nitrogens is 4. The summed E-state index contributed by atoms with van der Waals surface area (Å²) in [6.07, 6.45) is 1.71. The number of alkyl halides is 8. The molecule has 0 saturated carbocycles. The monoisotopic (exact) mass is 450 g/mol. The Balaban J connectivity index is 2.11. The molecule has 0 atom stereocenters. The number of nitrogens with zero attached hydrogens (tertiary/aromatic N) is 4. The fourth-order valence-electron chi connectivity index (χ4n) is 1.83. The summed E-state index contributed by atoms with van der Waals surface area (Å²) in [5, 5.41) is 0. The molecule has 2 aromatic heterocycles. The Morgan fingerprint density at radius 2 is 1.03 bits per heavy atom. The minimum atomic E-state index is -6.71. The van der Waals surface area contributed by atoms with Crippen molar-refractivity contribution in [2.45, 2.75) is 23.7 Å². The van der Waals surface area contributed by atoms with Gasteiger partial charge in [0.2, 0.25) is 0 Å². The molecule has 0 aliphatic carbocycles. The Bertz CT molecular complexity index is 798. The number of ether oxygens (including phenoxy) is 2. The van der Waals surface area contributed by atoms with E-state index < -0.39 is 49.1 Å². The van der Waals surface area contributed by atoms with Crippen LogP contribution in [0.2, 0.25) is 0 Å². The van der Waals surface area contributed by atoms with Gasteiger partial charge in [-0.15, -0.1) is 0 Å². The first-order valence-electron chi connectivity index (χ1n) is 7.54. The summed E-state index contributed by atoms with van der Waals surface area (Å²) in [4.78, 5) is 29.3. The molecule has 166 valence electrons. The number of rotatable bonds is 7. The van der Waals surface area contributed by atoms with Gasteiger partial charge in [-0.1, -0.05) is 0 Å². The molecule has 0 aliphatic rings. The normalized spacial score (nSPS) is 13.2. The van der Waals surface area contributed by atoms with Crippen LogP contribution in [0.15, 0.2) is 37.4 Å². The first-order chi connectivity index (χ1) is 13.7. The number of halogens is 8. The topological polar surface area (TPSA) is 88.2 Å². The second-order valence-corrected chi connectivity index (χ2v) is 5.61. The maximum absolute atomic E-state index is 13.7. The Kier molecular flexibility index (Phi) is 6.08. The first kappa shape index (κ1) is 23.1. The van der Waals surface area contributed by atoms with Gasteiger partial charge in [-0.2, -0.15) is 35.1 Å².